The van der Waals surface area contributed by atoms with Crippen molar-refractivity contribution >= 4 is 11.5 Å². The van der Waals surface area contributed by atoms with Gasteiger partial charge >= 0.3 is 0 Å². The van der Waals surface area contributed by atoms with Crippen molar-refractivity contribution in [3.63, 3.8) is 0 Å². The van der Waals surface area contributed by atoms with Crippen LogP contribution in [-0.2, 0) is 6.54 Å². The van der Waals surface area contributed by atoms with Gasteiger partial charge in [-0.15, -0.1) is 0 Å². The van der Waals surface area contributed by atoms with E-state index in [1.54, 1.807) is 7.11 Å². The molecule has 0 saturated heterocycles. The van der Waals surface area contributed by atoms with E-state index in [4.69, 9.17) is 4.74 Å². The summed E-state index contributed by atoms with van der Waals surface area (Å²) >= 11 is 1.42. The lowest BCUT2D eigenvalue weighted by atomic mass is 10.1. The fraction of sp³-hybridized carbons (Fsp3) is 0.222. The highest BCUT2D eigenvalue weighted by Gasteiger charge is 2.09. The van der Waals surface area contributed by atoms with Gasteiger partial charge in [0, 0.05) is 17.7 Å². The van der Waals surface area contributed by atoms with Crippen LogP contribution in [0.5, 0.6) is 5.75 Å². The second kappa shape index (κ2) is 6.89. The van der Waals surface area contributed by atoms with Crippen LogP contribution < -0.4 is 4.74 Å². The quantitative estimate of drug-likeness (QED) is 0.712. The smallest absolute Gasteiger partial charge is 0.173 e. The summed E-state index contributed by atoms with van der Waals surface area (Å²) in [4.78, 5) is 6.80. The molecule has 0 aliphatic rings. The molecule has 0 atom stereocenters. The summed E-state index contributed by atoms with van der Waals surface area (Å²) in [5, 5.41) is 0.917. The first-order chi connectivity index (χ1) is 11.2. The molecule has 0 amide bonds. The predicted molar refractivity (Wildman–Crippen MR) is 94.7 cm³/mol. The minimum atomic E-state index is 0.775. The summed E-state index contributed by atoms with van der Waals surface area (Å²) in [7, 11) is 5.80. The van der Waals surface area contributed by atoms with Crippen LogP contribution in [0.1, 0.15) is 5.56 Å². The summed E-state index contributed by atoms with van der Waals surface area (Å²) in [5.74, 6) is 1.62. The SMILES string of the molecule is COc1ccc(-c2nc(-c3ccc(CN(C)C)cc3)ns2)cc1. The highest BCUT2D eigenvalue weighted by molar-refractivity contribution is 7.09. The van der Waals surface area contributed by atoms with E-state index in [1.165, 1.54) is 17.1 Å². The third-order valence-corrected chi connectivity index (χ3v) is 4.24. The number of rotatable bonds is 5. The lowest BCUT2D eigenvalue weighted by Gasteiger charge is -2.09. The maximum atomic E-state index is 5.18. The van der Waals surface area contributed by atoms with Crippen LogP contribution in [0.3, 0.4) is 0 Å². The zero-order chi connectivity index (χ0) is 16.2. The third kappa shape index (κ3) is 3.75. The van der Waals surface area contributed by atoms with Gasteiger partial charge in [0.15, 0.2) is 5.82 Å². The number of hydrogen-bond acceptors (Lipinski definition) is 5. The van der Waals surface area contributed by atoms with Crippen LogP contribution >= 0.6 is 11.5 Å². The monoisotopic (exact) mass is 325 g/mol. The van der Waals surface area contributed by atoms with Crippen molar-refractivity contribution in [1.29, 1.82) is 0 Å². The van der Waals surface area contributed by atoms with Crippen molar-refractivity contribution in [3.8, 4) is 27.7 Å². The van der Waals surface area contributed by atoms with E-state index in [0.29, 0.717) is 0 Å². The van der Waals surface area contributed by atoms with Crippen LogP contribution in [0.4, 0.5) is 0 Å². The summed E-state index contributed by atoms with van der Waals surface area (Å²) in [6, 6.07) is 16.3. The standard InChI is InChI=1S/C18H19N3OS/c1-21(2)12-13-4-6-14(7-5-13)17-19-18(23-20-17)15-8-10-16(22-3)11-9-15/h4-11H,12H2,1-3H3. The lowest BCUT2D eigenvalue weighted by Crippen LogP contribution is -2.10. The van der Waals surface area contributed by atoms with Crippen molar-refractivity contribution < 1.29 is 4.74 Å². The van der Waals surface area contributed by atoms with Crippen molar-refractivity contribution in [1.82, 2.24) is 14.3 Å². The van der Waals surface area contributed by atoms with Gasteiger partial charge in [-0.3, -0.25) is 0 Å². The van der Waals surface area contributed by atoms with Crippen LogP contribution in [-0.4, -0.2) is 35.5 Å². The molecule has 118 valence electrons. The molecule has 1 aromatic heterocycles. The number of hydrogen-bond donors (Lipinski definition) is 0. The van der Waals surface area contributed by atoms with E-state index >= 15 is 0 Å². The van der Waals surface area contributed by atoms with Gasteiger partial charge in [-0.1, -0.05) is 24.3 Å². The van der Waals surface area contributed by atoms with E-state index in [0.717, 1.165) is 34.3 Å². The van der Waals surface area contributed by atoms with Crippen molar-refractivity contribution in [3.05, 3.63) is 54.1 Å². The molecule has 3 rings (SSSR count). The van der Waals surface area contributed by atoms with Gasteiger partial charge in [-0.05, 0) is 55.5 Å². The fourth-order valence-corrected chi connectivity index (χ4v) is 3.00. The highest BCUT2D eigenvalue weighted by Crippen LogP contribution is 2.27. The van der Waals surface area contributed by atoms with E-state index in [2.05, 4.69) is 52.6 Å². The molecule has 3 aromatic rings. The van der Waals surface area contributed by atoms with Gasteiger partial charge < -0.3 is 9.64 Å². The fourth-order valence-electron chi connectivity index (χ4n) is 2.32. The number of nitrogens with zero attached hydrogens (tertiary/aromatic N) is 3. The molecule has 23 heavy (non-hydrogen) atoms. The number of ether oxygens (including phenoxy) is 1. The van der Waals surface area contributed by atoms with E-state index in [1.807, 2.05) is 24.3 Å². The molecule has 0 aliphatic carbocycles. The predicted octanol–water partition coefficient (Wildman–Crippen LogP) is 3.94. The van der Waals surface area contributed by atoms with E-state index < -0.39 is 0 Å². The van der Waals surface area contributed by atoms with E-state index in [-0.39, 0.29) is 0 Å². The molecule has 0 N–H and O–H groups in total. The third-order valence-electron chi connectivity index (χ3n) is 3.47. The molecular formula is C18H19N3OS. The van der Waals surface area contributed by atoms with Crippen molar-refractivity contribution in [2.75, 3.05) is 21.2 Å². The van der Waals surface area contributed by atoms with Crippen LogP contribution in [0.25, 0.3) is 22.0 Å². The minimum Gasteiger partial charge on any atom is -0.497 e. The van der Waals surface area contributed by atoms with Gasteiger partial charge in [0.25, 0.3) is 0 Å². The minimum absolute atomic E-state index is 0.775. The Hall–Kier alpha value is -2.24. The summed E-state index contributed by atoms with van der Waals surface area (Å²) < 4.78 is 9.67. The summed E-state index contributed by atoms with van der Waals surface area (Å²) in [5.41, 5.74) is 3.38. The Bertz CT molecular complexity index is 764. The molecule has 0 fully saturated rings. The Balaban J connectivity index is 1.80. The molecule has 0 unspecified atom stereocenters. The maximum Gasteiger partial charge on any atom is 0.173 e. The Morgan fingerprint density at radius 1 is 0.957 bits per heavy atom. The number of methoxy groups -OCH3 is 1. The second-order valence-electron chi connectivity index (χ2n) is 5.59. The van der Waals surface area contributed by atoms with Gasteiger partial charge in [-0.2, -0.15) is 4.37 Å². The number of aromatic nitrogens is 2. The van der Waals surface area contributed by atoms with Crippen LogP contribution in [0.2, 0.25) is 0 Å². The van der Waals surface area contributed by atoms with Crippen molar-refractivity contribution in [2.24, 2.45) is 0 Å². The largest absolute Gasteiger partial charge is 0.497 e. The Morgan fingerprint density at radius 2 is 1.61 bits per heavy atom. The molecule has 0 saturated carbocycles. The molecule has 0 aliphatic heterocycles. The summed E-state index contributed by atoms with van der Waals surface area (Å²) in [6.45, 7) is 0.932. The Kier molecular flexibility index (Phi) is 4.69. The first kappa shape index (κ1) is 15.6. The highest BCUT2D eigenvalue weighted by atomic mass is 32.1. The second-order valence-corrected chi connectivity index (χ2v) is 6.34. The zero-order valence-corrected chi connectivity index (χ0v) is 14.3. The Labute approximate surface area is 140 Å². The van der Waals surface area contributed by atoms with Crippen LogP contribution in [0.15, 0.2) is 48.5 Å². The first-order valence-electron chi connectivity index (χ1n) is 7.38. The maximum absolute atomic E-state index is 5.18. The molecule has 1 heterocycles. The van der Waals surface area contributed by atoms with Gasteiger partial charge in [-0.25, -0.2) is 4.98 Å². The van der Waals surface area contributed by atoms with Gasteiger partial charge in [0.05, 0.1) is 7.11 Å². The first-order valence-corrected chi connectivity index (χ1v) is 8.15. The Morgan fingerprint density at radius 3 is 2.22 bits per heavy atom. The van der Waals surface area contributed by atoms with Crippen LogP contribution in [0, 0.1) is 0 Å². The molecule has 0 radical (unpaired) electrons. The summed E-state index contributed by atoms with van der Waals surface area (Å²) in [6.07, 6.45) is 0. The molecule has 2 aromatic carbocycles. The lowest BCUT2D eigenvalue weighted by molar-refractivity contribution is 0.402. The topological polar surface area (TPSA) is 38.2 Å². The van der Waals surface area contributed by atoms with Gasteiger partial charge in [0.1, 0.15) is 10.8 Å². The zero-order valence-electron chi connectivity index (χ0n) is 13.5. The molecule has 0 bridgehead atoms. The average Bonchev–Trinajstić information content (AvgIpc) is 3.05. The van der Waals surface area contributed by atoms with Crippen molar-refractivity contribution in [2.45, 2.75) is 6.54 Å². The van der Waals surface area contributed by atoms with E-state index in [9.17, 15) is 0 Å². The average molecular weight is 325 g/mol. The molecular weight excluding hydrogens is 306 g/mol. The molecule has 4 nitrogen and oxygen atoms in total. The number of benzene rings is 2. The normalized spacial score (nSPS) is 11.0. The molecule has 5 heteroatoms. The van der Waals surface area contributed by atoms with Gasteiger partial charge in [0.2, 0.25) is 0 Å². The molecule has 0 spiro atoms.